The van der Waals surface area contributed by atoms with Gasteiger partial charge in [-0.2, -0.15) is 13.2 Å². The number of ether oxygens (including phenoxy) is 1. The summed E-state index contributed by atoms with van der Waals surface area (Å²) in [5.41, 5.74) is -0.306. The number of alkyl halides is 3. The molecule has 0 aromatic heterocycles. The van der Waals surface area contributed by atoms with Crippen molar-refractivity contribution in [3.05, 3.63) is 53.6 Å². The van der Waals surface area contributed by atoms with E-state index < -0.39 is 5.51 Å². The minimum atomic E-state index is -4.43. The molecular weight excluding hydrogens is 433 g/mol. The number of phenolic OH excluding ortho intramolecular Hbond substituents is 1. The van der Waals surface area contributed by atoms with Crippen LogP contribution in [0.5, 0.6) is 11.5 Å². The molecule has 1 fully saturated rings. The Labute approximate surface area is 189 Å². The summed E-state index contributed by atoms with van der Waals surface area (Å²) in [4.78, 5) is 0.0106. The fourth-order valence-electron chi connectivity index (χ4n) is 5.75. The van der Waals surface area contributed by atoms with Crippen LogP contribution in [0, 0.1) is 0 Å². The second-order valence-electron chi connectivity index (χ2n) is 8.81. The van der Waals surface area contributed by atoms with Crippen molar-refractivity contribution >= 4 is 22.5 Å². The Morgan fingerprint density at radius 3 is 2.28 bits per heavy atom. The summed E-state index contributed by atoms with van der Waals surface area (Å²) in [6, 6.07) is 13.2. The summed E-state index contributed by atoms with van der Waals surface area (Å²) in [6.45, 7) is 0. The van der Waals surface area contributed by atoms with E-state index in [1.54, 1.807) is 6.07 Å². The van der Waals surface area contributed by atoms with Crippen LogP contribution < -0.4 is 4.74 Å². The van der Waals surface area contributed by atoms with E-state index in [-0.39, 0.29) is 33.6 Å². The van der Waals surface area contributed by atoms with Crippen LogP contribution in [-0.4, -0.2) is 17.7 Å². The van der Waals surface area contributed by atoms with Crippen molar-refractivity contribution in [2.75, 3.05) is 7.11 Å². The first kappa shape index (κ1) is 21.5. The molecule has 32 heavy (non-hydrogen) atoms. The third kappa shape index (κ3) is 3.43. The molecule has 1 spiro atoms. The lowest BCUT2D eigenvalue weighted by Crippen LogP contribution is -2.26. The van der Waals surface area contributed by atoms with Gasteiger partial charge in [-0.15, -0.1) is 0 Å². The minimum Gasteiger partial charge on any atom is -0.507 e. The number of thioether (sulfide) groups is 1. The zero-order valence-corrected chi connectivity index (χ0v) is 18.7. The van der Waals surface area contributed by atoms with Crippen molar-refractivity contribution in [3.8, 4) is 22.6 Å². The first-order chi connectivity index (χ1) is 15.3. The van der Waals surface area contributed by atoms with Crippen molar-refractivity contribution in [3.63, 3.8) is 0 Å². The van der Waals surface area contributed by atoms with Crippen LogP contribution in [0.15, 0.2) is 47.4 Å². The molecule has 168 valence electrons. The summed E-state index contributed by atoms with van der Waals surface area (Å²) >= 11 is -0.174. The lowest BCUT2D eigenvalue weighted by atomic mass is 9.69. The highest BCUT2D eigenvalue weighted by atomic mass is 32.2. The van der Waals surface area contributed by atoms with E-state index in [1.807, 2.05) is 18.2 Å². The maximum Gasteiger partial charge on any atom is 0.446 e. The minimum absolute atomic E-state index is 0.0106. The Balaban J connectivity index is 1.82. The SMILES string of the molecule is COc1cc2c(O)cc3c(c2cc1SC(F)(F)F)-c1ccccc1C31CCCCCCC1. The molecule has 2 aliphatic rings. The molecule has 0 heterocycles. The van der Waals surface area contributed by atoms with Gasteiger partial charge in [-0.3, -0.25) is 0 Å². The fraction of sp³-hybridized carbons (Fsp3) is 0.385. The van der Waals surface area contributed by atoms with E-state index in [4.69, 9.17) is 4.74 Å². The highest BCUT2D eigenvalue weighted by Crippen LogP contribution is 2.58. The van der Waals surface area contributed by atoms with Crippen molar-refractivity contribution in [1.29, 1.82) is 0 Å². The highest BCUT2D eigenvalue weighted by molar-refractivity contribution is 8.00. The molecule has 5 rings (SSSR count). The summed E-state index contributed by atoms with van der Waals surface area (Å²) < 4.78 is 45.1. The van der Waals surface area contributed by atoms with Gasteiger partial charge in [-0.1, -0.05) is 56.4 Å². The largest absolute Gasteiger partial charge is 0.507 e. The summed E-state index contributed by atoms with van der Waals surface area (Å²) in [5, 5.41) is 12.2. The number of hydrogen-bond donors (Lipinski definition) is 1. The van der Waals surface area contributed by atoms with Crippen molar-refractivity contribution < 1.29 is 23.0 Å². The second kappa shape index (κ2) is 7.91. The molecule has 6 heteroatoms. The molecular formula is C26H25F3O2S. The Bertz CT molecular complexity index is 1180. The molecule has 0 radical (unpaired) electrons. The Morgan fingerprint density at radius 1 is 0.906 bits per heavy atom. The molecule has 3 aromatic carbocycles. The van der Waals surface area contributed by atoms with Gasteiger partial charge in [-0.25, -0.2) is 0 Å². The molecule has 0 unspecified atom stereocenters. The number of hydrogen-bond acceptors (Lipinski definition) is 3. The van der Waals surface area contributed by atoms with Crippen molar-refractivity contribution in [1.82, 2.24) is 0 Å². The summed E-state index contributed by atoms with van der Waals surface area (Å²) in [6.07, 6.45) is 7.79. The first-order valence-corrected chi connectivity index (χ1v) is 11.9. The van der Waals surface area contributed by atoms with Gasteiger partial charge in [-0.05, 0) is 70.4 Å². The van der Waals surface area contributed by atoms with Gasteiger partial charge < -0.3 is 9.84 Å². The standard InChI is InChI=1S/C26H25F3O2S/c1-31-22-13-17-18(14-23(22)32-26(27,28)29)24-16-9-5-6-10-19(16)25(20(24)15-21(17)30)11-7-3-2-4-8-12-25/h5-6,9-10,13-15,30H,2-4,7-8,11-12H2,1H3. The van der Waals surface area contributed by atoms with E-state index in [2.05, 4.69) is 12.1 Å². The molecule has 1 saturated carbocycles. The topological polar surface area (TPSA) is 29.5 Å². The lowest BCUT2D eigenvalue weighted by molar-refractivity contribution is -0.0328. The van der Waals surface area contributed by atoms with E-state index in [0.29, 0.717) is 10.8 Å². The zero-order valence-electron chi connectivity index (χ0n) is 17.9. The third-order valence-corrected chi connectivity index (χ3v) is 7.83. The average Bonchev–Trinajstić information content (AvgIpc) is 2.99. The lowest BCUT2D eigenvalue weighted by Gasteiger charge is -2.34. The molecule has 0 amide bonds. The van der Waals surface area contributed by atoms with Gasteiger partial charge in [0.2, 0.25) is 0 Å². The smallest absolute Gasteiger partial charge is 0.446 e. The van der Waals surface area contributed by atoms with E-state index in [1.165, 1.54) is 38.0 Å². The fourth-order valence-corrected chi connectivity index (χ4v) is 6.42. The van der Waals surface area contributed by atoms with Gasteiger partial charge in [0, 0.05) is 10.8 Å². The van der Waals surface area contributed by atoms with Gasteiger partial charge >= 0.3 is 5.51 Å². The monoisotopic (exact) mass is 458 g/mol. The number of halogens is 3. The van der Waals surface area contributed by atoms with Crippen LogP contribution in [-0.2, 0) is 5.41 Å². The third-order valence-electron chi connectivity index (χ3n) is 7.06. The second-order valence-corrected chi connectivity index (χ2v) is 9.92. The van der Waals surface area contributed by atoms with Crippen molar-refractivity contribution in [2.45, 2.75) is 60.8 Å². The van der Waals surface area contributed by atoms with Crippen LogP contribution in [0.25, 0.3) is 21.9 Å². The molecule has 2 nitrogen and oxygen atoms in total. The average molecular weight is 459 g/mol. The predicted octanol–water partition coefficient (Wildman–Crippen LogP) is 8.18. The van der Waals surface area contributed by atoms with Crippen LogP contribution in [0.4, 0.5) is 13.2 Å². The Morgan fingerprint density at radius 2 is 1.59 bits per heavy atom. The van der Waals surface area contributed by atoms with E-state index in [0.717, 1.165) is 42.4 Å². The number of fused-ring (bicyclic) bond motifs is 7. The van der Waals surface area contributed by atoms with Crippen LogP contribution >= 0.6 is 11.8 Å². The van der Waals surface area contributed by atoms with E-state index >= 15 is 0 Å². The molecule has 3 aromatic rings. The quantitative estimate of drug-likeness (QED) is 0.393. The molecule has 2 aliphatic carbocycles. The Hall–Kier alpha value is -2.34. The predicted molar refractivity (Wildman–Crippen MR) is 123 cm³/mol. The van der Waals surface area contributed by atoms with Crippen LogP contribution in [0.2, 0.25) is 0 Å². The van der Waals surface area contributed by atoms with Crippen LogP contribution in [0.3, 0.4) is 0 Å². The summed E-state index contributed by atoms with van der Waals surface area (Å²) in [5.74, 6) is 0.205. The van der Waals surface area contributed by atoms with Crippen molar-refractivity contribution in [2.24, 2.45) is 0 Å². The maximum atomic E-state index is 13.3. The zero-order chi connectivity index (χ0) is 22.5. The number of aromatic hydroxyl groups is 1. The molecule has 1 N–H and O–H groups in total. The molecule has 0 atom stereocenters. The normalized spacial score (nSPS) is 17.6. The number of phenols is 1. The van der Waals surface area contributed by atoms with Gasteiger partial charge in [0.25, 0.3) is 0 Å². The van der Waals surface area contributed by atoms with Gasteiger partial charge in [0.15, 0.2) is 0 Å². The van der Waals surface area contributed by atoms with E-state index in [9.17, 15) is 18.3 Å². The number of methoxy groups -OCH3 is 1. The Kier molecular flexibility index (Phi) is 5.31. The number of benzene rings is 3. The highest BCUT2D eigenvalue weighted by Gasteiger charge is 2.44. The molecule has 0 saturated heterocycles. The van der Waals surface area contributed by atoms with Crippen LogP contribution in [0.1, 0.15) is 56.1 Å². The van der Waals surface area contributed by atoms with Gasteiger partial charge in [0.05, 0.1) is 12.0 Å². The van der Waals surface area contributed by atoms with Gasteiger partial charge in [0.1, 0.15) is 11.5 Å². The number of rotatable bonds is 2. The first-order valence-electron chi connectivity index (χ1n) is 11.1. The summed E-state index contributed by atoms with van der Waals surface area (Å²) in [7, 11) is 1.35. The molecule has 0 bridgehead atoms. The molecule has 0 aliphatic heterocycles. The maximum absolute atomic E-state index is 13.3.